The summed E-state index contributed by atoms with van der Waals surface area (Å²) in [5.41, 5.74) is -0.358. The topological polar surface area (TPSA) is 72.6 Å². The van der Waals surface area contributed by atoms with E-state index in [0.29, 0.717) is 0 Å². The molecule has 0 heterocycles. The van der Waals surface area contributed by atoms with E-state index >= 15 is 0 Å². The second-order valence-corrected chi connectivity index (χ2v) is 2.35. The number of nitro benzene ring substituents is 1. The number of carbonyl (C=O) groups is 1. The molecule has 0 radical (unpaired) electrons. The number of nitrogens with zero attached hydrogens (tertiary/aromatic N) is 2. The van der Waals surface area contributed by atoms with E-state index in [0.717, 1.165) is 0 Å². The Morgan fingerprint density at radius 2 is 2.08 bits per heavy atom. The van der Waals surface area contributed by atoms with Crippen molar-refractivity contribution >= 4 is 24.0 Å². The summed E-state index contributed by atoms with van der Waals surface area (Å²) in [6.07, 6.45) is 0. The highest BCUT2D eigenvalue weighted by atomic mass is 32.1. The zero-order valence-corrected chi connectivity index (χ0v) is 7.15. The third-order valence-corrected chi connectivity index (χ3v) is 1.58. The maximum absolute atomic E-state index is 11.0. The van der Waals surface area contributed by atoms with Crippen LogP contribution in [0.3, 0.4) is 0 Å². The van der Waals surface area contributed by atoms with Crippen LogP contribution in [0.15, 0.2) is 28.6 Å². The Morgan fingerprint density at radius 3 is 2.62 bits per heavy atom. The smallest absolute Gasteiger partial charge is 0.266 e. The quantitative estimate of drug-likeness (QED) is 0.530. The van der Waals surface area contributed by atoms with Crippen LogP contribution in [-0.2, 0) is 12.4 Å². The Balaban J connectivity index is 3.27. The molecular formula is C7H4N2O3S. The first kappa shape index (κ1) is 9.40. The molecule has 0 aliphatic rings. The molecule has 0 saturated carbocycles. The van der Waals surface area contributed by atoms with Gasteiger partial charge in [0.2, 0.25) is 0 Å². The van der Waals surface area contributed by atoms with Crippen molar-refractivity contribution in [2.45, 2.75) is 0 Å². The van der Waals surface area contributed by atoms with E-state index in [9.17, 15) is 14.9 Å². The summed E-state index contributed by atoms with van der Waals surface area (Å²) in [5.74, 6) is -0.762. The molecule has 0 spiro atoms. The van der Waals surface area contributed by atoms with Gasteiger partial charge in [-0.05, 0) is 6.07 Å². The predicted molar refractivity (Wildman–Crippen MR) is 47.2 cm³/mol. The van der Waals surface area contributed by atoms with E-state index in [4.69, 9.17) is 0 Å². The lowest BCUT2D eigenvalue weighted by atomic mass is 10.2. The van der Waals surface area contributed by atoms with Crippen LogP contribution in [0, 0.1) is 10.1 Å². The Bertz CT molecular complexity index is 378. The number of carbonyl (C=O) groups excluding carboxylic acids is 1. The number of benzene rings is 1. The minimum absolute atomic E-state index is 0.0810. The van der Waals surface area contributed by atoms with Gasteiger partial charge in [-0.1, -0.05) is 12.1 Å². The Kier molecular flexibility index (Phi) is 2.76. The summed E-state index contributed by atoms with van der Waals surface area (Å²) in [6, 6.07) is 5.53. The first-order valence-corrected chi connectivity index (χ1v) is 3.64. The summed E-state index contributed by atoms with van der Waals surface area (Å²) >= 11 is 4.16. The fraction of sp³-hybridized carbons (Fsp3) is 0. The number of nitro groups is 1. The SMILES string of the molecule is O=C(N=S)c1ccccc1[N+](=O)[O-]. The van der Waals surface area contributed by atoms with Gasteiger partial charge in [-0.3, -0.25) is 14.9 Å². The van der Waals surface area contributed by atoms with Gasteiger partial charge in [-0.2, -0.15) is 0 Å². The molecule has 0 bridgehead atoms. The van der Waals surface area contributed by atoms with Gasteiger partial charge in [0.05, 0.1) is 4.92 Å². The molecule has 1 rings (SSSR count). The van der Waals surface area contributed by atoms with Gasteiger partial charge in [0.1, 0.15) is 5.56 Å². The molecule has 5 nitrogen and oxygen atoms in total. The maximum atomic E-state index is 11.0. The molecule has 0 aromatic heterocycles. The number of amides is 1. The minimum Gasteiger partial charge on any atom is -0.266 e. The molecule has 0 aliphatic heterocycles. The van der Waals surface area contributed by atoms with E-state index in [1.807, 2.05) is 0 Å². The summed E-state index contributed by atoms with van der Waals surface area (Å²) in [4.78, 5) is 20.7. The highest BCUT2D eigenvalue weighted by Crippen LogP contribution is 2.17. The standard InChI is InChI=1S/C7H4N2O3S/c10-7(8-13)5-3-1-2-4-6(5)9(11)12/h1-4H. The molecule has 1 aromatic carbocycles. The van der Waals surface area contributed by atoms with Crippen LogP contribution in [0.5, 0.6) is 0 Å². The molecule has 0 saturated heterocycles. The number of para-hydroxylation sites is 1. The summed E-state index contributed by atoms with van der Waals surface area (Å²) < 4.78 is 2.94. The summed E-state index contributed by atoms with van der Waals surface area (Å²) in [5, 5.41) is 10.4. The fourth-order valence-electron chi connectivity index (χ4n) is 0.863. The van der Waals surface area contributed by atoms with E-state index in [1.165, 1.54) is 24.3 Å². The average molecular weight is 196 g/mol. The molecule has 0 aliphatic carbocycles. The van der Waals surface area contributed by atoms with Gasteiger partial charge in [0.25, 0.3) is 11.6 Å². The van der Waals surface area contributed by atoms with Gasteiger partial charge in [0.15, 0.2) is 0 Å². The summed E-state index contributed by atoms with van der Waals surface area (Å²) in [6.45, 7) is 0. The van der Waals surface area contributed by atoms with Gasteiger partial charge >= 0.3 is 0 Å². The summed E-state index contributed by atoms with van der Waals surface area (Å²) in [7, 11) is 0. The van der Waals surface area contributed by atoms with Crippen molar-refractivity contribution in [2.75, 3.05) is 0 Å². The van der Waals surface area contributed by atoms with Gasteiger partial charge in [0, 0.05) is 18.5 Å². The van der Waals surface area contributed by atoms with Crippen molar-refractivity contribution in [3.8, 4) is 0 Å². The van der Waals surface area contributed by atoms with Crippen LogP contribution in [0.2, 0.25) is 0 Å². The molecule has 0 unspecified atom stereocenters. The largest absolute Gasteiger partial charge is 0.295 e. The van der Waals surface area contributed by atoms with Crippen molar-refractivity contribution < 1.29 is 9.72 Å². The van der Waals surface area contributed by atoms with Crippen LogP contribution in [0.4, 0.5) is 5.69 Å². The lowest BCUT2D eigenvalue weighted by Crippen LogP contribution is -1.99. The number of hydrogen-bond donors (Lipinski definition) is 0. The normalized spacial score (nSPS) is 9.23. The Labute approximate surface area is 78.7 Å². The van der Waals surface area contributed by atoms with Gasteiger partial charge < -0.3 is 0 Å². The lowest BCUT2D eigenvalue weighted by Gasteiger charge is -1.95. The van der Waals surface area contributed by atoms with Gasteiger partial charge in [-0.15, -0.1) is 4.36 Å². The maximum Gasteiger partial charge on any atom is 0.295 e. The Hall–Kier alpha value is -1.69. The van der Waals surface area contributed by atoms with Crippen LogP contribution in [0.25, 0.3) is 0 Å². The average Bonchev–Trinajstić information content (AvgIpc) is 2.16. The van der Waals surface area contributed by atoms with Crippen molar-refractivity contribution in [3.63, 3.8) is 0 Å². The highest BCUT2D eigenvalue weighted by molar-refractivity contribution is 7.47. The molecule has 6 heteroatoms. The van der Waals surface area contributed by atoms with Crippen molar-refractivity contribution in [1.29, 1.82) is 0 Å². The molecule has 0 fully saturated rings. The van der Waals surface area contributed by atoms with E-state index in [2.05, 4.69) is 16.8 Å². The second kappa shape index (κ2) is 3.81. The first-order chi connectivity index (χ1) is 6.16. The fourth-order valence-corrected chi connectivity index (χ4v) is 0.961. The van der Waals surface area contributed by atoms with Crippen molar-refractivity contribution in [2.24, 2.45) is 4.36 Å². The number of hydrogen-bond acceptors (Lipinski definition) is 4. The lowest BCUT2D eigenvalue weighted by molar-refractivity contribution is -0.385. The number of rotatable bonds is 2. The minimum atomic E-state index is -0.762. The molecule has 1 aromatic rings. The van der Waals surface area contributed by atoms with Crippen LogP contribution in [0.1, 0.15) is 10.4 Å². The van der Waals surface area contributed by atoms with E-state index in [-0.39, 0.29) is 11.3 Å². The van der Waals surface area contributed by atoms with Crippen LogP contribution >= 0.6 is 0 Å². The van der Waals surface area contributed by atoms with E-state index < -0.39 is 10.8 Å². The van der Waals surface area contributed by atoms with Crippen molar-refractivity contribution in [3.05, 3.63) is 39.9 Å². The van der Waals surface area contributed by atoms with Crippen LogP contribution < -0.4 is 0 Å². The third kappa shape index (κ3) is 1.91. The highest BCUT2D eigenvalue weighted by Gasteiger charge is 2.17. The van der Waals surface area contributed by atoms with Crippen molar-refractivity contribution in [1.82, 2.24) is 0 Å². The van der Waals surface area contributed by atoms with Crippen LogP contribution in [-0.4, -0.2) is 10.8 Å². The molecule has 13 heavy (non-hydrogen) atoms. The molecule has 0 N–H and O–H groups in total. The third-order valence-electron chi connectivity index (χ3n) is 1.41. The molecule has 66 valence electrons. The second-order valence-electron chi connectivity index (χ2n) is 2.17. The zero-order valence-electron chi connectivity index (χ0n) is 6.34. The molecule has 0 atom stereocenters. The van der Waals surface area contributed by atoms with E-state index in [1.54, 1.807) is 0 Å². The first-order valence-electron chi connectivity index (χ1n) is 3.28. The predicted octanol–water partition coefficient (Wildman–Crippen LogP) is 1.47. The zero-order chi connectivity index (χ0) is 9.84. The molecule has 1 amide bonds. The Morgan fingerprint density at radius 1 is 1.46 bits per heavy atom. The molecular weight excluding hydrogens is 192 g/mol. The monoisotopic (exact) mass is 196 g/mol. The van der Waals surface area contributed by atoms with Gasteiger partial charge in [-0.25, -0.2) is 0 Å².